The normalized spacial score (nSPS) is 11.5. The van der Waals surface area contributed by atoms with Crippen molar-refractivity contribution in [1.29, 1.82) is 0 Å². The Morgan fingerprint density at radius 2 is 2.00 bits per heavy atom. The van der Waals surface area contributed by atoms with Gasteiger partial charge in [-0.25, -0.2) is 5.48 Å². The lowest BCUT2D eigenvalue weighted by molar-refractivity contribution is -0.124. The molecule has 5 nitrogen and oxygen atoms in total. The molecule has 0 bridgehead atoms. The Morgan fingerprint density at radius 1 is 1.19 bits per heavy atom. The molecule has 1 amide bonds. The summed E-state index contributed by atoms with van der Waals surface area (Å²) in [5.41, 5.74) is 6.30. The van der Waals surface area contributed by atoms with Crippen LogP contribution in [0.3, 0.4) is 0 Å². The second kappa shape index (κ2) is 9.16. The Hall–Kier alpha value is -2.89. The van der Waals surface area contributed by atoms with Gasteiger partial charge in [0.1, 0.15) is 0 Å². The molecule has 0 saturated carbocycles. The van der Waals surface area contributed by atoms with Gasteiger partial charge in [-0.15, -0.1) is 0 Å². The zero-order chi connectivity index (χ0) is 19.1. The van der Waals surface area contributed by atoms with Crippen molar-refractivity contribution in [2.75, 3.05) is 13.1 Å². The summed E-state index contributed by atoms with van der Waals surface area (Å²) in [6, 6.07) is 16.7. The molecule has 0 fully saturated rings. The van der Waals surface area contributed by atoms with Crippen LogP contribution in [0.25, 0.3) is 17.0 Å². The van der Waals surface area contributed by atoms with Crippen LogP contribution < -0.4 is 5.48 Å². The monoisotopic (exact) mass is 363 g/mol. The Morgan fingerprint density at radius 3 is 2.74 bits per heavy atom. The van der Waals surface area contributed by atoms with Crippen LogP contribution in [0.5, 0.6) is 0 Å². The van der Waals surface area contributed by atoms with Crippen molar-refractivity contribution in [1.82, 2.24) is 15.4 Å². The molecule has 3 aromatic rings. The summed E-state index contributed by atoms with van der Waals surface area (Å²) in [4.78, 5) is 16.7. The summed E-state index contributed by atoms with van der Waals surface area (Å²) in [6.07, 6.45) is 5.98. The van der Waals surface area contributed by atoms with Crippen molar-refractivity contribution >= 4 is 22.9 Å². The SMILES string of the molecule is CCN(CCc1cccc2[nH]ccc12)Cc1ccc(/C=C/C(=O)NO)cc1. The van der Waals surface area contributed by atoms with E-state index >= 15 is 0 Å². The van der Waals surface area contributed by atoms with Gasteiger partial charge in [0.2, 0.25) is 0 Å². The molecule has 5 heteroatoms. The third kappa shape index (κ3) is 5.06. The molecule has 0 aliphatic carbocycles. The van der Waals surface area contributed by atoms with Gasteiger partial charge in [0.25, 0.3) is 5.91 Å². The Balaban J connectivity index is 1.59. The van der Waals surface area contributed by atoms with E-state index in [4.69, 9.17) is 5.21 Å². The van der Waals surface area contributed by atoms with Crippen molar-refractivity contribution in [3.05, 3.63) is 77.5 Å². The van der Waals surface area contributed by atoms with E-state index in [1.54, 1.807) is 11.6 Å². The highest BCUT2D eigenvalue weighted by Gasteiger charge is 2.07. The highest BCUT2D eigenvalue weighted by molar-refractivity contribution is 5.90. The molecule has 140 valence electrons. The van der Waals surface area contributed by atoms with Crippen molar-refractivity contribution in [2.24, 2.45) is 0 Å². The van der Waals surface area contributed by atoms with Gasteiger partial charge in [0.05, 0.1) is 0 Å². The molecule has 2 aromatic carbocycles. The third-order valence-electron chi connectivity index (χ3n) is 4.75. The minimum atomic E-state index is -0.534. The number of carbonyl (C=O) groups is 1. The Kier molecular flexibility index (Phi) is 6.41. The van der Waals surface area contributed by atoms with E-state index in [-0.39, 0.29) is 0 Å². The first-order valence-electron chi connectivity index (χ1n) is 9.18. The average molecular weight is 363 g/mol. The van der Waals surface area contributed by atoms with E-state index in [0.717, 1.165) is 31.6 Å². The van der Waals surface area contributed by atoms with Crippen molar-refractivity contribution in [3.63, 3.8) is 0 Å². The first-order chi connectivity index (χ1) is 13.2. The zero-order valence-corrected chi connectivity index (χ0v) is 15.5. The smallest absolute Gasteiger partial charge is 0.267 e. The van der Waals surface area contributed by atoms with E-state index in [9.17, 15) is 4.79 Å². The minimum Gasteiger partial charge on any atom is -0.361 e. The number of aromatic amines is 1. The first kappa shape index (κ1) is 18.9. The molecule has 1 heterocycles. The molecular weight excluding hydrogens is 338 g/mol. The van der Waals surface area contributed by atoms with E-state index in [0.29, 0.717) is 0 Å². The van der Waals surface area contributed by atoms with Gasteiger partial charge in [-0.1, -0.05) is 43.3 Å². The number of benzene rings is 2. The summed E-state index contributed by atoms with van der Waals surface area (Å²) in [5, 5.41) is 9.81. The van der Waals surface area contributed by atoms with Crippen LogP contribution in [-0.2, 0) is 17.8 Å². The summed E-state index contributed by atoms with van der Waals surface area (Å²) in [5.74, 6) is -0.534. The molecule has 0 saturated heterocycles. The van der Waals surface area contributed by atoms with Crippen LogP contribution in [0.4, 0.5) is 0 Å². The molecule has 3 rings (SSSR count). The van der Waals surface area contributed by atoms with Crippen LogP contribution in [0.1, 0.15) is 23.6 Å². The highest BCUT2D eigenvalue weighted by Crippen LogP contribution is 2.18. The maximum atomic E-state index is 11.0. The van der Waals surface area contributed by atoms with Crippen molar-refractivity contribution in [3.8, 4) is 0 Å². The number of hydrogen-bond donors (Lipinski definition) is 3. The number of amides is 1. The fraction of sp³-hybridized carbons (Fsp3) is 0.227. The number of nitrogens with zero attached hydrogens (tertiary/aromatic N) is 1. The minimum absolute atomic E-state index is 0.534. The maximum absolute atomic E-state index is 11.0. The lowest BCUT2D eigenvalue weighted by Gasteiger charge is -2.21. The summed E-state index contributed by atoms with van der Waals surface area (Å²) < 4.78 is 0. The lowest BCUT2D eigenvalue weighted by atomic mass is 10.1. The van der Waals surface area contributed by atoms with Crippen LogP contribution in [0.2, 0.25) is 0 Å². The number of H-pyrrole nitrogens is 1. The van der Waals surface area contributed by atoms with Crippen LogP contribution in [-0.4, -0.2) is 34.1 Å². The Labute approximate surface area is 159 Å². The summed E-state index contributed by atoms with van der Waals surface area (Å²) in [7, 11) is 0. The third-order valence-corrected chi connectivity index (χ3v) is 4.75. The molecule has 1 aromatic heterocycles. The number of aromatic nitrogens is 1. The van der Waals surface area contributed by atoms with E-state index in [1.165, 1.54) is 28.1 Å². The quantitative estimate of drug-likeness (QED) is 0.324. The molecule has 27 heavy (non-hydrogen) atoms. The van der Waals surface area contributed by atoms with Gasteiger partial charge in [-0.05, 0) is 47.9 Å². The van der Waals surface area contributed by atoms with Gasteiger partial charge in [-0.3, -0.25) is 14.9 Å². The number of hydroxylamine groups is 1. The van der Waals surface area contributed by atoms with Crippen LogP contribution in [0.15, 0.2) is 60.8 Å². The Bertz CT molecular complexity index is 913. The van der Waals surface area contributed by atoms with Crippen LogP contribution in [0, 0.1) is 0 Å². The maximum Gasteiger partial charge on any atom is 0.267 e. The molecule has 3 N–H and O–H groups in total. The highest BCUT2D eigenvalue weighted by atomic mass is 16.5. The molecule has 0 aliphatic rings. The van der Waals surface area contributed by atoms with Crippen molar-refractivity contribution in [2.45, 2.75) is 19.9 Å². The van der Waals surface area contributed by atoms with E-state index < -0.39 is 5.91 Å². The van der Waals surface area contributed by atoms with Gasteiger partial charge in [0.15, 0.2) is 0 Å². The number of fused-ring (bicyclic) bond motifs is 1. The number of nitrogens with one attached hydrogen (secondary N) is 2. The molecule has 0 spiro atoms. The predicted octanol–water partition coefficient (Wildman–Crippen LogP) is 3.75. The number of hydrogen-bond acceptors (Lipinski definition) is 3. The van der Waals surface area contributed by atoms with E-state index in [1.807, 2.05) is 18.3 Å². The molecule has 0 unspecified atom stereocenters. The number of carbonyl (C=O) groups excluding carboxylic acids is 1. The van der Waals surface area contributed by atoms with Gasteiger partial charge in [0, 0.05) is 36.3 Å². The van der Waals surface area contributed by atoms with Gasteiger partial charge >= 0.3 is 0 Å². The largest absolute Gasteiger partial charge is 0.361 e. The van der Waals surface area contributed by atoms with Crippen molar-refractivity contribution < 1.29 is 10.0 Å². The average Bonchev–Trinajstić information content (AvgIpc) is 3.19. The zero-order valence-electron chi connectivity index (χ0n) is 15.5. The molecule has 0 atom stereocenters. The summed E-state index contributed by atoms with van der Waals surface area (Å²) in [6.45, 7) is 5.06. The van der Waals surface area contributed by atoms with Gasteiger partial charge < -0.3 is 4.98 Å². The number of likely N-dealkylation sites (N-methyl/N-ethyl adjacent to an activating group) is 1. The molecule has 0 aliphatic heterocycles. The fourth-order valence-corrected chi connectivity index (χ4v) is 3.20. The summed E-state index contributed by atoms with van der Waals surface area (Å²) >= 11 is 0. The first-order valence-corrected chi connectivity index (χ1v) is 9.18. The predicted molar refractivity (Wildman–Crippen MR) is 108 cm³/mol. The molecular formula is C22H25N3O2. The topological polar surface area (TPSA) is 68.4 Å². The standard InChI is InChI=1S/C22H25N3O2/c1-2-25(15-13-19-4-3-5-21-20(19)12-14-23-21)16-18-8-6-17(7-9-18)10-11-22(26)24-27/h3-12,14,23,27H,2,13,15-16H2,1H3,(H,24,26)/b11-10+. The number of rotatable bonds is 8. The van der Waals surface area contributed by atoms with Crippen LogP contribution >= 0.6 is 0 Å². The van der Waals surface area contributed by atoms with E-state index in [2.05, 4.69) is 53.2 Å². The second-order valence-electron chi connectivity index (χ2n) is 6.53. The van der Waals surface area contributed by atoms with Gasteiger partial charge in [-0.2, -0.15) is 0 Å². The lowest BCUT2D eigenvalue weighted by Crippen LogP contribution is -2.25. The fourth-order valence-electron chi connectivity index (χ4n) is 3.20. The molecule has 0 radical (unpaired) electrons. The second-order valence-corrected chi connectivity index (χ2v) is 6.53.